The van der Waals surface area contributed by atoms with E-state index in [9.17, 15) is 0 Å². The largest absolute Gasteiger partial charge is 0.384 e. The van der Waals surface area contributed by atoms with Crippen LogP contribution in [-0.2, 0) is 6.42 Å². The Morgan fingerprint density at radius 3 is 2.50 bits per heavy atom. The van der Waals surface area contributed by atoms with E-state index in [-0.39, 0.29) is 11.9 Å². The van der Waals surface area contributed by atoms with Crippen molar-refractivity contribution < 1.29 is 0 Å². The van der Waals surface area contributed by atoms with Crippen LogP contribution in [0.3, 0.4) is 0 Å². The van der Waals surface area contributed by atoms with Crippen molar-refractivity contribution in [3.63, 3.8) is 0 Å². The molecule has 0 aromatic heterocycles. The second kappa shape index (κ2) is 13.7. The molecule has 0 aliphatic carbocycles. The van der Waals surface area contributed by atoms with E-state index in [1.807, 2.05) is 42.5 Å². The lowest BCUT2D eigenvalue weighted by Gasteiger charge is -2.29. The Labute approximate surface area is 234 Å². The minimum absolute atomic E-state index is 0.0674. The molecule has 4 rings (SSSR count). The number of nitrogens with two attached hydrogens (primary N) is 2. The van der Waals surface area contributed by atoms with Crippen molar-refractivity contribution in [2.24, 2.45) is 17.4 Å². The van der Waals surface area contributed by atoms with Crippen molar-refractivity contribution in [1.29, 1.82) is 5.41 Å². The molecule has 6 nitrogen and oxygen atoms in total. The van der Waals surface area contributed by atoms with Crippen LogP contribution in [-0.4, -0.2) is 49.0 Å². The van der Waals surface area contributed by atoms with Gasteiger partial charge in [0.1, 0.15) is 11.9 Å². The average Bonchev–Trinajstić information content (AvgIpc) is 2.94. The summed E-state index contributed by atoms with van der Waals surface area (Å²) < 4.78 is 8.22. The summed E-state index contributed by atoms with van der Waals surface area (Å²) >= 11 is 7.67. The van der Waals surface area contributed by atoms with Crippen LogP contribution in [0, 0.1) is 11.3 Å². The fraction of sp³-hybridized carbons (Fsp3) is 0.300. The Bertz CT molecular complexity index is 1280. The highest BCUT2D eigenvalue weighted by Gasteiger charge is 2.34. The van der Waals surface area contributed by atoms with Crippen molar-refractivity contribution in [3.8, 4) is 11.1 Å². The number of nitrogens with zero attached hydrogens (tertiary/aromatic N) is 2. The van der Waals surface area contributed by atoms with Crippen molar-refractivity contribution in [2.45, 2.75) is 36.6 Å². The van der Waals surface area contributed by atoms with E-state index in [0.717, 1.165) is 76.9 Å². The predicted molar refractivity (Wildman–Crippen MR) is 163 cm³/mol. The van der Waals surface area contributed by atoms with Gasteiger partial charge in [-0.15, -0.1) is 0 Å². The molecule has 38 heavy (non-hydrogen) atoms. The van der Waals surface area contributed by atoms with Gasteiger partial charge in [0.25, 0.3) is 0 Å². The number of rotatable bonds is 10. The Morgan fingerprint density at radius 1 is 1.08 bits per heavy atom. The lowest BCUT2D eigenvalue weighted by molar-refractivity contribution is 0.252. The Kier molecular flexibility index (Phi) is 10.0. The van der Waals surface area contributed by atoms with Gasteiger partial charge in [-0.1, -0.05) is 54.1 Å². The smallest absolute Gasteiger partial charge is 0.362 e. The van der Waals surface area contributed by atoms with Crippen LogP contribution in [0.1, 0.15) is 30.4 Å². The average molecular weight is 548 g/mol. The number of nitrogen functional groups attached to an aromatic ring is 1. The molecule has 6 N–H and O–H groups in total. The number of hydrogen-bond acceptors (Lipinski definition) is 4. The van der Waals surface area contributed by atoms with E-state index in [0.29, 0.717) is 12.3 Å². The molecule has 0 amide bonds. The molecule has 0 saturated carbocycles. The van der Waals surface area contributed by atoms with E-state index < -0.39 is 0 Å². The minimum Gasteiger partial charge on any atom is -0.384 e. The molecule has 1 atom stereocenters. The molecule has 3 aromatic carbocycles. The summed E-state index contributed by atoms with van der Waals surface area (Å²) in [5.74, 6) is 1.69. The highest BCUT2D eigenvalue weighted by molar-refractivity contribution is 7.97. The molecule has 0 spiro atoms. The summed E-state index contributed by atoms with van der Waals surface area (Å²) in [6, 6.07) is 24.1. The molecule has 8 heteroatoms. The number of halogens is 1. The topological polar surface area (TPSA) is 105 Å². The van der Waals surface area contributed by atoms with Crippen molar-refractivity contribution >= 4 is 41.9 Å². The van der Waals surface area contributed by atoms with Crippen molar-refractivity contribution in [2.75, 3.05) is 19.6 Å². The van der Waals surface area contributed by atoms with Gasteiger partial charge in [-0.05, 0) is 90.7 Å². The molecule has 0 radical (unpaired) electrons. The van der Waals surface area contributed by atoms with Crippen molar-refractivity contribution in [3.05, 3.63) is 88.9 Å². The van der Waals surface area contributed by atoms with Gasteiger partial charge in [0.05, 0.1) is 13.1 Å². The molecule has 1 saturated heterocycles. The fourth-order valence-corrected chi connectivity index (χ4v) is 5.85. The summed E-state index contributed by atoms with van der Waals surface area (Å²) in [5.41, 5.74) is 15.6. The molecule has 3 aromatic rings. The first kappa shape index (κ1) is 28.0. The first-order valence-electron chi connectivity index (χ1n) is 13.0. The zero-order valence-corrected chi connectivity index (χ0v) is 23.1. The number of likely N-dealkylation sites (tertiary alicyclic amines) is 1. The summed E-state index contributed by atoms with van der Waals surface area (Å²) in [6.45, 7) is 6.58. The number of amidine groups is 2. The van der Waals surface area contributed by atoms with Crippen LogP contribution >= 0.6 is 23.5 Å². The van der Waals surface area contributed by atoms with E-state index in [1.54, 1.807) is 11.9 Å². The van der Waals surface area contributed by atoms with Crippen LogP contribution in [0.15, 0.2) is 77.7 Å². The van der Waals surface area contributed by atoms with Gasteiger partial charge < -0.3 is 11.5 Å². The Hall–Kier alpha value is -3.06. The zero-order valence-electron chi connectivity index (χ0n) is 21.6. The van der Waals surface area contributed by atoms with Crippen LogP contribution < -0.4 is 20.9 Å². The molecule has 1 aliphatic heterocycles. The van der Waals surface area contributed by atoms with Crippen LogP contribution in [0.4, 0.5) is 0 Å². The standard InChI is InChI=1S/C30H36ClN6S/c1-35-30(37-16-13-21(12-15-32)14-17-37)28(19-22-4-2-6-25(18-22)29(33)34)36-38-27-7-3-5-24(20-27)23-8-10-26(31)11-9-23/h2-11,18,20-21,28,36H,1,12-17,19,32H2,(H3,33,34)/q+1. The number of hydrogen-bond donors (Lipinski definition) is 4. The molecule has 1 heterocycles. The van der Waals surface area contributed by atoms with Gasteiger partial charge in [-0.2, -0.15) is 0 Å². The number of piperidine rings is 1. The van der Waals surface area contributed by atoms with Gasteiger partial charge in [0, 0.05) is 21.9 Å². The number of benzene rings is 3. The first-order chi connectivity index (χ1) is 18.5. The lowest BCUT2D eigenvalue weighted by Crippen LogP contribution is -2.50. The van der Waals surface area contributed by atoms with Crippen molar-refractivity contribution in [1.82, 2.24) is 14.3 Å². The third kappa shape index (κ3) is 7.50. The maximum Gasteiger partial charge on any atom is 0.362 e. The van der Waals surface area contributed by atoms with Crippen LogP contribution in [0.25, 0.3) is 11.1 Å². The molecule has 198 valence electrons. The lowest BCUT2D eigenvalue weighted by atomic mass is 9.93. The van der Waals surface area contributed by atoms with E-state index in [4.69, 9.17) is 28.5 Å². The summed E-state index contributed by atoms with van der Waals surface area (Å²) in [7, 11) is 0. The van der Waals surface area contributed by atoms with E-state index in [1.165, 1.54) is 0 Å². The molecular formula is C30H36ClN6S+. The molecule has 0 bridgehead atoms. The monoisotopic (exact) mass is 547 g/mol. The quantitative estimate of drug-likeness (QED) is 0.127. The first-order valence-corrected chi connectivity index (χ1v) is 14.2. The highest BCUT2D eigenvalue weighted by Crippen LogP contribution is 2.27. The molecule has 1 fully saturated rings. The van der Waals surface area contributed by atoms with Crippen LogP contribution in [0.5, 0.6) is 0 Å². The maximum atomic E-state index is 7.84. The fourth-order valence-electron chi connectivity index (χ4n) is 4.92. The van der Waals surface area contributed by atoms with Gasteiger partial charge >= 0.3 is 5.84 Å². The Morgan fingerprint density at radius 2 is 1.82 bits per heavy atom. The summed E-state index contributed by atoms with van der Waals surface area (Å²) in [5, 5.41) is 8.57. The van der Waals surface area contributed by atoms with Gasteiger partial charge in [0.2, 0.25) is 0 Å². The number of nitrogens with one attached hydrogen (secondary N) is 2. The zero-order chi connectivity index (χ0) is 26.9. The Balaban J connectivity index is 1.54. The van der Waals surface area contributed by atoms with Gasteiger partial charge in [-0.25, -0.2) is 9.39 Å². The van der Waals surface area contributed by atoms with Gasteiger partial charge in [0.15, 0.2) is 6.72 Å². The third-order valence-electron chi connectivity index (χ3n) is 7.00. The summed E-state index contributed by atoms with van der Waals surface area (Å²) in [6.07, 6.45) is 3.99. The van der Waals surface area contributed by atoms with E-state index in [2.05, 4.69) is 51.3 Å². The van der Waals surface area contributed by atoms with Crippen LogP contribution in [0.2, 0.25) is 5.02 Å². The summed E-state index contributed by atoms with van der Waals surface area (Å²) in [4.78, 5) is 3.46. The second-order valence-corrected chi connectivity index (χ2v) is 11.0. The molecule has 1 unspecified atom stereocenters. The maximum absolute atomic E-state index is 7.84. The second-order valence-electron chi connectivity index (χ2n) is 9.65. The molecule has 1 aliphatic rings. The van der Waals surface area contributed by atoms with Gasteiger partial charge in [-0.3, -0.25) is 10.3 Å². The third-order valence-corrected chi connectivity index (χ3v) is 8.14. The normalized spacial score (nSPS) is 14.6. The highest BCUT2D eigenvalue weighted by atomic mass is 35.5. The van der Waals surface area contributed by atoms with E-state index >= 15 is 0 Å². The predicted octanol–water partition coefficient (Wildman–Crippen LogP) is 4.73. The SMILES string of the molecule is C=[N+]=C(C(Cc1cccc(C(=N)N)c1)NSc1cccc(-c2ccc(Cl)cc2)c1)N1CCC(CCN)CC1. The minimum atomic E-state index is -0.0787. The molecular weight excluding hydrogens is 512 g/mol.